The van der Waals surface area contributed by atoms with E-state index in [1.165, 1.54) is 17.7 Å². The first-order valence-corrected chi connectivity index (χ1v) is 9.70. The van der Waals surface area contributed by atoms with E-state index in [0.717, 1.165) is 38.3 Å². The maximum atomic E-state index is 13.1. The second kappa shape index (κ2) is 9.51. The number of benzene rings is 2. The van der Waals surface area contributed by atoms with Crippen molar-refractivity contribution in [2.45, 2.75) is 19.3 Å². The Kier molecular flexibility index (Phi) is 6.82. The molecule has 144 valence electrons. The third kappa shape index (κ3) is 5.54. The van der Waals surface area contributed by atoms with Crippen molar-refractivity contribution >= 4 is 11.6 Å². The number of anilines is 1. The van der Waals surface area contributed by atoms with Crippen molar-refractivity contribution in [3.05, 3.63) is 66.0 Å². The number of amides is 1. The topological polar surface area (TPSA) is 35.6 Å². The molecule has 1 fully saturated rings. The lowest BCUT2D eigenvalue weighted by molar-refractivity contribution is -0.122. The second-order valence-electron chi connectivity index (χ2n) is 7.06. The van der Waals surface area contributed by atoms with Crippen LogP contribution in [0.1, 0.15) is 24.8 Å². The van der Waals surface area contributed by atoms with E-state index in [4.69, 9.17) is 0 Å². The highest BCUT2D eigenvalue weighted by molar-refractivity contribution is 5.78. The maximum Gasteiger partial charge on any atom is 0.234 e. The lowest BCUT2D eigenvalue weighted by atomic mass is 9.96. The van der Waals surface area contributed by atoms with E-state index >= 15 is 0 Å². The molecule has 2 aromatic rings. The molecule has 27 heavy (non-hydrogen) atoms. The molecule has 3 rings (SSSR count). The van der Waals surface area contributed by atoms with Crippen LogP contribution in [0.25, 0.3) is 0 Å². The second-order valence-corrected chi connectivity index (χ2v) is 7.06. The van der Waals surface area contributed by atoms with E-state index < -0.39 is 0 Å². The average molecular weight is 369 g/mol. The fraction of sp³-hybridized carbons (Fsp3) is 0.409. The van der Waals surface area contributed by atoms with Crippen molar-refractivity contribution in [1.82, 2.24) is 10.2 Å². The minimum Gasteiger partial charge on any atom is -0.369 e. The molecule has 1 saturated heterocycles. The zero-order valence-corrected chi connectivity index (χ0v) is 15.9. The molecule has 5 heteroatoms. The Bertz CT molecular complexity index is 712. The lowest BCUT2D eigenvalue weighted by Gasteiger charge is -2.35. The fourth-order valence-corrected chi connectivity index (χ4v) is 3.54. The van der Waals surface area contributed by atoms with Gasteiger partial charge in [-0.05, 0) is 36.2 Å². The van der Waals surface area contributed by atoms with E-state index in [1.54, 1.807) is 0 Å². The number of carbonyl (C=O) groups is 1. The molecule has 0 saturated carbocycles. The average Bonchev–Trinajstić information content (AvgIpc) is 2.70. The Morgan fingerprint density at radius 2 is 1.70 bits per heavy atom. The summed E-state index contributed by atoms with van der Waals surface area (Å²) in [5, 5.41) is 3.09. The third-order valence-corrected chi connectivity index (χ3v) is 5.24. The van der Waals surface area contributed by atoms with Crippen molar-refractivity contribution in [3.63, 3.8) is 0 Å². The molecular weight excluding hydrogens is 341 g/mol. The highest BCUT2D eigenvalue weighted by atomic mass is 19.1. The summed E-state index contributed by atoms with van der Waals surface area (Å²) in [5.74, 6) is 0.222. The molecule has 0 unspecified atom stereocenters. The molecular formula is C22H28FN3O. The van der Waals surface area contributed by atoms with Crippen molar-refractivity contribution < 1.29 is 9.18 Å². The fourth-order valence-electron chi connectivity index (χ4n) is 3.54. The zero-order valence-electron chi connectivity index (χ0n) is 15.9. The number of halogens is 1. The first-order valence-electron chi connectivity index (χ1n) is 9.70. The molecule has 1 amide bonds. The summed E-state index contributed by atoms with van der Waals surface area (Å²) in [6, 6.07) is 16.9. The van der Waals surface area contributed by atoms with Crippen LogP contribution in [0.5, 0.6) is 0 Å². The molecule has 1 atom stereocenters. The van der Waals surface area contributed by atoms with Gasteiger partial charge in [0.1, 0.15) is 5.82 Å². The molecule has 0 aliphatic carbocycles. The molecule has 1 heterocycles. The van der Waals surface area contributed by atoms with Gasteiger partial charge in [-0.2, -0.15) is 0 Å². The number of nitrogens with one attached hydrogen (secondary N) is 1. The van der Waals surface area contributed by atoms with Gasteiger partial charge in [0.2, 0.25) is 5.91 Å². The normalized spacial score (nSPS) is 16.1. The van der Waals surface area contributed by atoms with Gasteiger partial charge in [-0.1, -0.05) is 37.3 Å². The van der Waals surface area contributed by atoms with Crippen LogP contribution < -0.4 is 10.2 Å². The molecule has 0 spiro atoms. The van der Waals surface area contributed by atoms with Gasteiger partial charge in [-0.15, -0.1) is 0 Å². The first kappa shape index (κ1) is 19.4. The van der Waals surface area contributed by atoms with Crippen LogP contribution in [0.15, 0.2) is 54.6 Å². The largest absolute Gasteiger partial charge is 0.369 e. The Morgan fingerprint density at radius 3 is 2.33 bits per heavy atom. The van der Waals surface area contributed by atoms with E-state index in [0.29, 0.717) is 19.0 Å². The van der Waals surface area contributed by atoms with Crippen LogP contribution in [0.4, 0.5) is 10.1 Å². The summed E-state index contributed by atoms with van der Waals surface area (Å²) in [7, 11) is 0. The first-order chi connectivity index (χ1) is 13.2. The quantitative estimate of drug-likeness (QED) is 0.814. The standard InChI is InChI=1S/C22H28FN3O/c1-2-18(19-6-4-3-5-7-19)16-24-22(27)17-25-12-14-26(15-13-25)21-10-8-20(23)9-11-21/h3-11,18H,2,12-17H2,1H3,(H,24,27)/t18-/m0/s1. The van der Waals surface area contributed by atoms with Gasteiger partial charge in [0.15, 0.2) is 0 Å². The van der Waals surface area contributed by atoms with Gasteiger partial charge in [-0.25, -0.2) is 4.39 Å². The van der Waals surface area contributed by atoms with Crippen molar-refractivity contribution in [1.29, 1.82) is 0 Å². The number of carbonyl (C=O) groups excluding carboxylic acids is 1. The highest BCUT2D eigenvalue weighted by Gasteiger charge is 2.19. The number of hydrogen-bond acceptors (Lipinski definition) is 3. The van der Waals surface area contributed by atoms with Crippen LogP contribution in [-0.2, 0) is 4.79 Å². The van der Waals surface area contributed by atoms with E-state index in [9.17, 15) is 9.18 Å². The minimum absolute atomic E-state index is 0.0830. The minimum atomic E-state index is -0.213. The zero-order chi connectivity index (χ0) is 19.1. The van der Waals surface area contributed by atoms with Crippen molar-refractivity contribution in [2.75, 3.05) is 44.2 Å². The Morgan fingerprint density at radius 1 is 1.04 bits per heavy atom. The number of piperazine rings is 1. The van der Waals surface area contributed by atoms with Crippen LogP contribution in [0.3, 0.4) is 0 Å². The SMILES string of the molecule is CC[C@@H](CNC(=O)CN1CCN(c2ccc(F)cc2)CC1)c1ccccc1. The van der Waals surface area contributed by atoms with E-state index in [1.807, 2.05) is 30.3 Å². The molecule has 4 nitrogen and oxygen atoms in total. The van der Waals surface area contributed by atoms with E-state index in [2.05, 4.69) is 34.2 Å². The Hall–Kier alpha value is -2.40. The monoisotopic (exact) mass is 369 g/mol. The van der Waals surface area contributed by atoms with Gasteiger partial charge in [0.05, 0.1) is 6.54 Å². The van der Waals surface area contributed by atoms with Gasteiger partial charge < -0.3 is 10.2 Å². The van der Waals surface area contributed by atoms with Gasteiger partial charge in [-0.3, -0.25) is 9.69 Å². The number of nitrogens with zero attached hydrogens (tertiary/aromatic N) is 2. The number of hydrogen-bond donors (Lipinski definition) is 1. The predicted molar refractivity (Wildman–Crippen MR) is 108 cm³/mol. The Labute approximate surface area is 161 Å². The summed E-state index contributed by atoms with van der Waals surface area (Å²) in [5.41, 5.74) is 2.31. The summed E-state index contributed by atoms with van der Waals surface area (Å²) >= 11 is 0. The van der Waals surface area contributed by atoms with Crippen LogP contribution in [0, 0.1) is 5.82 Å². The molecule has 0 aromatic heterocycles. The summed E-state index contributed by atoms with van der Waals surface area (Å²) in [6.45, 7) is 6.62. The van der Waals surface area contributed by atoms with Crippen molar-refractivity contribution in [3.8, 4) is 0 Å². The van der Waals surface area contributed by atoms with Gasteiger partial charge in [0, 0.05) is 44.3 Å². The molecule has 1 aliphatic heterocycles. The summed E-state index contributed by atoms with van der Waals surface area (Å²) in [4.78, 5) is 16.8. The molecule has 1 N–H and O–H groups in total. The Balaban J connectivity index is 1.42. The highest BCUT2D eigenvalue weighted by Crippen LogP contribution is 2.18. The van der Waals surface area contributed by atoms with Gasteiger partial charge in [0.25, 0.3) is 0 Å². The predicted octanol–water partition coefficient (Wildman–Crippen LogP) is 3.26. The molecule has 1 aliphatic rings. The smallest absolute Gasteiger partial charge is 0.234 e. The molecule has 0 bridgehead atoms. The third-order valence-electron chi connectivity index (χ3n) is 5.24. The van der Waals surface area contributed by atoms with Crippen LogP contribution in [0.2, 0.25) is 0 Å². The summed E-state index contributed by atoms with van der Waals surface area (Å²) < 4.78 is 13.1. The number of rotatable bonds is 7. The lowest BCUT2D eigenvalue weighted by Crippen LogP contribution is -2.49. The van der Waals surface area contributed by atoms with E-state index in [-0.39, 0.29) is 11.7 Å². The van der Waals surface area contributed by atoms with Crippen LogP contribution >= 0.6 is 0 Å². The summed E-state index contributed by atoms with van der Waals surface area (Å²) in [6.07, 6.45) is 1.00. The maximum absolute atomic E-state index is 13.1. The van der Waals surface area contributed by atoms with Crippen LogP contribution in [-0.4, -0.2) is 50.1 Å². The molecule has 2 aromatic carbocycles. The molecule has 0 radical (unpaired) electrons. The van der Waals surface area contributed by atoms with Gasteiger partial charge >= 0.3 is 0 Å². The van der Waals surface area contributed by atoms with Crippen molar-refractivity contribution in [2.24, 2.45) is 0 Å².